The Morgan fingerprint density at radius 2 is 1.81 bits per heavy atom. The minimum absolute atomic E-state index is 0.00123. The highest BCUT2D eigenvalue weighted by atomic mass is 16.7. The van der Waals surface area contributed by atoms with Crippen molar-refractivity contribution in [3.8, 4) is 5.75 Å². The number of hydroxylamine groups is 2. The molecule has 0 radical (unpaired) electrons. The second-order valence-corrected chi connectivity index (χ2v) is 5.66. The standard InChI is InChI=1S/C17H18N2O8/c1-26-17(25)11-3-2-10(8-12(11)20)9-18-13(21)4-7-16(24)27-19-14(22)5-6-15(19)23/h2-3,8,20H,4-7,9H2,1H3,(H,18,21). The molecule has 10 nitrogen and oxygen atoms in total. The number of aromatic hydroxyl groups is 1. The van der Waals surface area contributed by atoms with Crippen molar-refractivity contribution < 1.29 is 38.7 Å². The fourth-order valence-corrected chi connectivity index (χ4v) is 2.28. The zero-order chi connectivity index (χ0) is 20.0. The molecule has 0 bridgehead atoms. The van der Waals surface area contributed by atoms with Crippen LogP contribution in [-0.2, 0) is 35.3 Å². The largest absolute Gasteiger partial charge is 0.507 e. The molecule has 10 heteroatoms. The van der Waals surface area contributed by atoms with Crippen LogP contribution in [0, 0.1) is 0 Å². The molecule has 1 aromatic rings. The van der Waals surface area contributed by atoms with Gasteiger partial charge >= 0.3 is 11.9 Å². The number of methoxy groups -OCH3 is 1. The number of carbonyl (C=O) groups excluding carboxylic acids is 5. The van der Waals surface area contributed by atoms with Crippen LogP contribution in [0.25, 0.3) is 0 Å². The molecule has 144 valence electrons. The van der Waals surface area contributed by atoms with E-state index < -0.39 is 29.7 Å². The quantitative estimate of drug-likeness (QED) is 0.506. The number of ether oxygens (including phenoxy) is 1. The summed E-state index contributed by atoms with van der Waals surface area (Å²) in [5.41, 5.74) is 0.533. The van der Waals surface area contributed by atoms with Gasteiger partial charge < -0.3 is 20.0 Å². The van der Waals surface area contributed by atoms with E-state index in [4.69, 9.17) is 0 Å². The Morgan fingerprint density at radius 3 is 2.41 bits per heavy atom. The summed E-state index contributed by atoms with van der Waals surface area (Å²) in [5, 5.41) is 12.7. The van der Waals surface area contributed by atoms with Crippen molar-refractivity contribution in [3.63, 3.8) is 0 Å². The van der Waals surface area contributed by atoms with Crippen molar-refractivity contribution in [1.82, 2.24) is 10.4 Å². The number of rotatable bonds is 7. The number of hydrogen-bond acceptors (Lipinski definition) is 8. The van der Waals surface area contributed by atoms with Crippen molar-refractivity contribution in [1.29, 1.82) is 0 Å². The maximum atomic E-state index is 11.8. The first-order valence-electron chi connectivity index (χ1n) is 8.05. The Morgan fingerprint density at radius 1 is 1.15 bits per heavy atom. The molecule has 0 aromatic heterocycles. The van der Waals surface area contributed by atoms with Crippen LogP contribution in [0.4, 0.5) is 0 Å². The number of hydrogen-bond donors (Lipinski definition) is 2. The molecule has 0 aliphatic carbocycles. The third kappa shape index (κ3) is 5.27. The van der Waals surface area contributed by atoms with Crippen molar-refractivity contribution in [3.05, 3.63) is 29.3 Å². The number of nitrogens with zero attached hydrogens (tertiary/aromatic N) is 1. The van der Waals surface area contributed by atoms with Gasteiger partial charge in [-0.25, -0.2) is 9.59 Å². The van der Waals surface area contributed by atoms with Gasteiger partial charge in [0.05, 0.1) is 13.5 Å². The predicted molar refractivity (Wildman–Crippen MR) is 87.7 cm³/mol. The molecule has 0 spiro atoms. The Labute approximate surface area is 154 Å². The lowest BCUT2D eigenvalue weighted by Crippen LogP contribution is -2.32. The third-order valence-corrected chi connectivity index (χ3v) is 3.71. The van der Waals surface area contributed by atoms with Crippen LogP contribution in [0.15, 0.2) is 18.2 Å². The Balaban J connectivity index is 1.77. The molecule has 0 saturated carbocycles. The van der Waals surface area contributed by atoms with Gasteiger partial charge in [0, 0.05) is 25.8 Å². The molecule has 2 N–H and O–H groups in total. The topological polar surface area (TPSA) is 139 Å². The van der Waals surface area contributed by atoms with Crippen molar-refractivity contribution in [2.24, 2.45) is 0 Å². The van der Waals surface area contributed by atoms with Gasteiger partial charge in [-0.15, -0.1) is 5.06 Å². The lowest BCUT2D eigenvalue weighted by Gasteiger charge is -2.12. The number of amides is 3. The van der Waals surface area contributed by atoms with E-state index in [0.717, 1.165) is 0 Å². The molecule has 27 heavy (non-hydrogen) atoms. The van der Waals surface area contributed by atoms with Gasteiger partial charge in [-0.3, -0.25) is 14.4 Å². The minimum Gasteiger partial charge on any atom is -0.507 e. The Kier molecular flexibility index (Phi) is 6.47. The van der Waals surface area contributed by atoms with Crippen LogP contribution < -0.4 is 5.32 Å². The maximum Gasteiger partial charge on any atom is 0.341 e. The molecule has 0 unspecified atom stereocenters. The van der Waals surface area contributed by atoms with Gasteiger partial charge in [0.1, 0.15) is 11.3 Å². The summed E-state index contributed by atoms with van der Waals surface area (Å²) in [4.78, 5) is 62.1. The number of phenols is 1. The van der Waals surface area contributed by atoms with E-state index in [1.165, 1.54) is 25.3 Å². The number of nitrogens with one attached hydrogen (secondary N) is 1. The van der Waals surface area contributed by atoms with Crippen molar-refractivity contribution in [2.75, 3.05) is 7.11 Å². The summed E-state index contributed by atoms with van der Waals surface area (Å²) in [6.07, 6.45) is -0.529. The van der Waals surface area contributed by atoms with E-state index in [1.807, 2.05) is 0 Å². The van der Waals surface area contributed by atoms with Gasteiger partial charge in [-0.1, -0.05) is 6.07 Å². The maximum absolute atomic E-state index is 11.8. The molecule has 3 amide bonds. The lowest BCUT2D eigenvalue weighted by atomic mass is 10.1. The van der Waals surface area contributed by atoms with Crippen LogP contribution >= 0.6 is 0 Å². The average molecular weight is 378 g/mol. The fraction of sp³-hybridized carbons (Fsp3) is 0.353. The van der Waals surface area contributed by atoms with Gasteiger partial charge in [0.25, 0.3) is 11.8 Å². The van der Waals surface area contributed by atoms with E-state index in [9.17, 15) is 29.1 Å². The highest BCUT2D eigenvalue weighted by molar-refractivity contribution is 6.01. The molecule has 1 aliphatic heterocycles. The second-order valence-electron chi connectivity index (χ2n) is 5.66. The predicted octanol–water partition coefficient (Wildman–Crippen LogP) is 0.182. The van der Waals surface area contributed by atoms with Crippen LogP contribution in [0.5, 0.6) is 5.75 Å². The first kappa shape index (κ1) is 19.9. The fourth-order valence-electron chi connectivity index (χ4n) is 2.28. The van der Waals surface area contributed by atoms with Crippen molar-refractivity contribution >= 4 is 29.7 Å². The zero-order valence-electron chi connectivity index (χ0n) is 14.5. The monoisotopic (exact) mass is 378 g/mol. The first-order valence-corrected chi connectivity index (χ1v) is 8.05. The van der Waals surface area contributed by atoms with Crippen molar-refractivity contribution in [2.45, 2.75) is 32.2 Å². The number of esters is 1. The van der Waals surface area contributed by atoms with Crippen LogP contribution in [0.2, 0.25) is 0 Å². The summed E-state index contributed by atoms with van der Waals surface area (Å²) in [6, 6.07) is 4.21. The van der Waals surface area contributed by atoms with E-state index >= 15 is 0 Å². The number of phenolic OH excluding ortho intramolecular Hbond substituents is 1. The highest BCUT2D eigenvalue weighted by Gasteiger charge is 2.32. The Bertz CT molecular complexity index is 773. The van der Waals surface area contributed by atoms with E-state index in [1.54, 1.807) is 0 Å². The smallest absolute Gasteiger partial charge is 0.341 e. The highest BCUT2D eigenvalue weighted by Crippen LogP contribution is 2.19. The lowest BCUT2D eigenvalue weighted by molar-refractivity contribution is -0.197. The van der Waals surface area contributed by atoms with Crippen LogP contribution in [-0.4, -0.2) is 46.9 Å². The van der Waals surface area contributed by atoms with Crippen LogP contribution in [0.3, 0.4) is 0 Å². The van der Waals surface area contributed by atoms with E-state index in [0.29, 0.717) is 10.6 Å². The summed E-state index contributed by atoms with van der Waals surface area (Å²) in [5.74, 6) is -3.48. The summed E-state index contributed by atoms with van der Waals surface area (Å²) in [7, 11) is 1.19. The second kappa shape index (κ2) is 8.79. The molecule has 1 fully saturated rings. The number of benzene rings is 1. The third-order valence-electron chi connectivity index (χ3n) is 3.71. The summed E-state index contributed by atoms with van der Waals surface area (Å²) >= 11 is 0. The molecule has 1 saturated heterocycles. The first-order chi connectivity index (χ1) is 12.8. The SMILES string of the molecule is COC(=O)c1ccc(CNC(=O)CCC(=O)ON2C(=O)CCC2=O)cc1O. The molecule has 1 heterocycles. The van der Waals surface area contributed by atoms with Gasteiger partial charge in [-0.05, 0) is 17.7 Å². The normalized spacial score (nSPS) is 13.4. The summed E-state index contributed by atoms with van der Waals surface area (Å²) in [6.45, 7) is 0.0615. The molecular weight excluding hydrogens is 360 g/mol. The molecular formula is C17H18N2O8. The minimum atomic E-state index is -0.867. The summed E-state index contributed by atoms with van der Waals surface area (Å²) < 4.78 is 4.51. The van der Waals surface area contributed by atoms with Gasteiger partial charge in [0.2, 0.25) is 5.91 Å². The molecule has 0 atom stereocenters. The molecule has 1 aromatic carbocycles. The van der Waals surface area contributed by atoms with Gasteiger partial charge in [0.15, 0.2) is 0 Å². The number of imide groups is 1. The Hall–Kier alpha value is -3.43. The number of carbonyl (C=O) groups is 5. The van der Waals surface area contributed by atoms with E-state index in [2.05, 4.69) is 14.9 Å². The van der Waals surface area contributed by atoms with E-state index in [-0.39, 0.29) is 43.5 Å². The van der Waals surface area contributed by atoms with Crippen LogP contribution in [0.1, 0.15) is 41.6 Å². The van der Waals surface area contributed by atoms with Gasteiger partial charge in [-0.2, -0.15) is 0 Å². The average Bonchev–Trinajstić information content (AvgIpc) is 2.96. The zero-order valence-corrected chi connectivity index (χ0v) is 14.5. The molecule has 2 rings (SSSR count). The molecule has 1 aliphatic rings.